The van der Waals surface area contributed by atoms with E-state index in [4.69, 9.17) is 4.74 Å². The quantitative estimate of drug-likeness (QED) is 0.777. The predicted molar refractivity (Wildman–Crippen MR) is 80.4 cm³/mol. The topological polar surface area (TPSA) is 38.3 Å². The average molecular weight is 275 g/mol. The van der Waals surface area contributed by atoms with Gasteiger partial charge in [0, 0.05) is 12.6 Å². The minimum absolute atomic E-state index is 0.0826. The minimum Gasteiger partial charge on any atom is -0.466 e. The summed E-state index contributed by atoms with van der Waals surface area (Å²) in [7, 11) is 0. The van der Waals surface area contributed by atoms with Crippen molar-refractivity contribution < 1.29 is 9.53 Å². The summed E-state index contributed by atoms with van der Waals surface area (Å²) in [5.41, 5.74) is 2.54. The fourth-order valence-electron chi connectivity index (χ4n) is 2.60. The van der Waals surface area contributed by atoms with E-state index in [1.54, 1.807) is 0 Å². The van der Waals surface area contributed by atoms with Crippen LogP contribution < -0.4 is 5.32 Å². The minimum atomic E-state index is -0.0826. The first-order valence-electron chi connectivity index (χ1n) is 7.63. The van der Waals surface area contributed by atoms with E-state index in [0.29, 0.717) is 18.9 Å². The van der Waals surface area contributed by atoms with Crippen LogP contribution in [0.1, 0.15) is 43.7 Å². The lowest BCUT2D eigenvalue weighted by molar-refractivity contribution is -0.144. The summed E-state index contributed by atoms with van der Waals surface area (Å²) in [6.45, 7) is 5.24. The van der Waals surface area contributed by atoms with Crippen LogP contribution in [-0.2, 0) is 16.1 Å². The van der Waals surface area contributed by atoms with Crippen molar-refractivity contribution in [2.75, 3.05) is 6.61 Å². The van der Waals surface area contributed by atoms with Gasteiger partial charge in [-0.2, -0.15) is 0 Å². The van der Waals surface area contributed by atoms with Crippen LogP contribution in [0, 0.1) is 12.8 Å². The molecular weight excluding hydrogens is 250 g/mol. The number of nitrogens with one attached hydrogen (secondary N) is 1. The number of rotatable bonds is 7. The van der Waals surface area contributed by atoms with Gasteiger partial charge in [-0.1, -0.05) is 36.2 Å². The molecule has 2 rings (SSSR count). The van der Waals surface area contributed by atoms with Gasteiger partial charge in [0.1, 0.15) is 0 Å². The number of benzene rings is 1. The lowest BCUT2D eigenvalue weighted by Crippen LogP contribution is -2.41. The molecule has 1 aliphatic carbocycles. The third-order valence-corrected chi connectivity index (χ3v) is 4.10. The first kappa shape index (κ1) is 15.0. The van der Waals surface area contributed by atoms with Gasteiger partial charge in [0.2, 0.25) is 0 Å². The summed E-state index contributed by atoms with van der Waals surface area (Å²) in [6.07, 6.45) is 4.23. The molecule has 1 unspecified atom stereocenters. The lowest BCUT2D eigenvalue weighted by atomic mass is 9.78. The van der Waals surface area contributed by atoms with Crippen molar-refractivity contribution in [1.82, 2.24) is 5.32 Å². The SMILES string of the molecule is CCOC(=O)CC(NCc1ccc(C)cc1)C1CCC1. The highest BCUT2D eigenvalue weighted by atomic mass is 16.5. The Hall–Kier alpha value is -1.35. The maximum atomic E-state index is 11.7. The molecule has 1 saturated carbocycles. The second kappa shape index (κ2) is 7.44. The van der Waals surface area contributed by atoms with Gasteiger partial charge in [-0.25, -0.2) is 0 Å². The molecule has 1 aliphatic rings. The zero-order chi connectivity index (χ0) is 14.4. The molecular formula is C17H25NO2. The monoisotopic (exact) mass is 275 g/mol. The van der Waals surface area contributed by atoms with E-state index >= 15 is 0 Å². The summed E-state index contributed by atoms with van der Waals surface area (Å²) in [4.78, 5) is 11.7. The molecule has 1 aromatic rings. The Balaban J connectivity index is 1.86. The van der Waals surface area contributed by atoms with Gasteiger partial charge in [0.05, 0.1) is 13.0 Å². The largest absolute Gasteiger partial charge is 0.466 e. The Morgan fingerprint density at radius 3 is 2.60 bits per heavy atom. The van der Waals surface area contributed by atoms with Crippen molar-refractivity contribution >= 4 is 5.97 Å². The van der Waals surface area contributed by atoms with Crippen LogP contribution in [0.4, 0.5) is 0 Å². The summed E-state index contributed by atoms with van der Waals surface area (Å²) in [6, 6.07) is 8.79. The molecule has 0 bridgehead atoms. The molecule has 1 atom stereocenters. The van der Waals surface area contributed by atoms with Gasteiger partial charge in [-0.3, -0.25) is 4.79 Å². The second-order valence-electron chi connectivity index (χ2n) is 5.67. The van der Waals surface area contributed by atoms with Gasteiger partial charge in [-0.15, -0.1) is 0 Å². The van der Waals surface area contributed by atoms with Crippen LogP contribution in [0.25, 0.3) is 0 Å². The third-order valence-electron chi connectivity index (χ3n) is 4.10. The van der Waals surface area contributed by atoms with Crippen molar-refractivity contribution in [3.05, 3.63) is 35.4 Å². The van der Waals surface area contributed by atoms with Crippen LogP contribution in [0.2, 0.25) is 0 Å². The highest BCUT2D eigenvalue weighted by Crippen LogP contribution is 2.31. The molecule has 20 heavy (non-hydrogen) atoms. The van der Waals surface area contributed by atoms with Crippen molar-refractivity contribution in [2.24, 2.45) is 5.92 Å². The standard InChI is InChI=1S/C17H25NO2/c1-3-20-17(19)11-16(15-5-4-6-15)18-12-14-9-7-13(2)8-10-14/h7-10,15-16,18H,3-6,11-12H2,1-2H3. The maximum Gasteiger partial charge on any atom is 0.307 e. The highest BCUT2D eigenvalue weighted by molar-refractivity contribution is 5.70. The maximum absolute atomic E-state index is 11.7. The van der Waals surface area contributed by atoms with Gasteiger partial charge >= 0.3 is 5.97 Å². The summed E-state index contributed by atoms with van der Waals surface area (Å²) < 4.78 is 5.08. The fraction of sp³-hybridized carbons (Fsp3) is 0.588. The van der Waals surface area contributed by atoms with E-state index in [1.807, 2.05) is 6.92 Å². The van der Waals surface area contributed by atoms with Crippen molar-refractivity contribution in [1.29, 1.82) is 0 Å². The van der Waals surface area contributed by atoms with E-state index in [9.17, 15) is 4.79 Å². The fourth-order valence-corrected chi connectivity index (χ4v) is 2.60. The molecule has 1 aromatic carbocycles. The van der Waals surface area contributed by atoms with Crippen LogP contribution >= 0.6 is 0 Å². The number of ether oxygens (including phenoxy) is 1. The van der Waals surface area contributed by atoms with Crippen molar-refractivity contribution in [3.8, 4) is 0 Å². The smallest absolute Gasteiger partial charge is 0.307 e. The first-order valence-corrected chi connectivity index (χ1v) is 7.63. The van der Waals surface area contributed by atoms with E-state index in [2.05, 4.69) is 36.5 Å². The molecule has 110 valence electrons. The lowest BCUT2D eigenvalue weighted by Gasteiger charge is -2.34. The molecule has 0 radical (unpaired) electrons. The van der Waals surface area contributed by atoms with E-state index in [-0.39, 0.29) is 12.0 Å². The first-order chi connectivity index (χ1) is 9.69. The highest BCUT2D eigenvalue weighted by Gasteiger charge is 2.29. The molecule has 0 heterocycles. The normalized spacial score (nSPS) is 16.5. The number of hydrogen-bond acceptors (Lipinski definition) is 3. The molecule has 0 aliphatic heterocycles. The van der Waals surface area contributed by atoms with Crippen molar-refractivity contribution in [2.45, 2.75) is 52.1 Å². The van der Waals surface area contributed by atoms with Crippen LogP contribution in [0.3, 0.4) is 0 Å². The number of hydrogen-bond donors (Lipinski definition) is 1. The van der Waals surface area contributed by atoms with E-state index in [1.165, 1.54) is 30.4 Å². The molecule has 0 saturated heterocycles. The summed E-state index contributed by atoms with van der Waals surface area (Å²) in [5.74, 6) is 0.547. The zero-order valence-electron chi connectivity index (χ0n) is 12.5. The van der Waals surface area contributed by atoms with Gasteiger partial charge in [0.15, 0.2) is 0 Å². The summed E-state index contributed by atoms with van der Waals surface area (Å²) in [5, 5.41) is 3.55. The third kappa shape index (κ3) is 4.34. The molecule has 1 fully saturated rings. The second-order valence-corrected chi connectivity index (χ2v) is 5.67. The zero-order valence-corrected chi connectivity index (χ0v) is 12.5. The molecule has 1 N–H and O–H groups in total. The number of carbonyl (C=O) groups excluding carboxylic acids is 1. The van der Waals surface area contributed by atoms with E-state index < -0.39 is 0 Å². The Kier molecular flexibility index (Phi) is 5.60. The number of carbonyl (C=O) groups is 1. The van der Waals surface area contributed by atoms with Gasteiger partial charge in [-0.05, 0) is 38.2 Å². The number of esters is 1. The van der Waals surface area contributed by atoms with Crippen LogP contribution in [-0.4, -0.2) is 18.6 Å². The molecule has 0 spiro atoms. The van der Waals surface area contributed by atoms with Crippen LogP contribution in [0.15, 0.2) is 24.3 Å². The molecule has 0 amide bonds. The average Bonchev–Trinajstić information content (AvgIpc) is 2.36. The number of aryl methyl sites for hydroxylation is 1. The van der Waals surface area contributed by atoms with Crippen molar-refractivity contribution in [3.63, 3.8) is 0 Å². The van der Waals surface area contributed by atoms with Gasteiger partial charge < -0.3 is 10.1 Å². The molecule has 3 nitrogen and oxygen atoms in total. The Morgan fingerprint density at radius 1 is 1.35 bits per heavy atom. The Morgan fingerprint density at radius 2 is 2.05 bits per heavy atom. The molecule has 3 heteroatoms. The predicted octanol–water partition coefficient (Wildman–Crippen LogP) is 3.21. The summed E-state index contributed by atoms with van der Waals surface area (Å²) >= 11 is 0. The van der Waals surface area contributed by atoms with E-state index in [0.717, 1.165) is 6.54 Å². The Labute approximate surface area is 121 Å². The van der Waals surface area contributed by atoms with Crippen LogP contribution in [0.5, 0.6) is 0 Å². The Bertz CT molecular complexity index is 423. The van der Waals surface area contributed by atoms with Gasteiger partial charge in [0.25, 0.3) is 0 Å². The molecule has 0 aromatic heterocycles.